The number of fused-ring (bicyclic) bond motifs is 2. The van der Waals surface area contributed by atoms with Crippen LogP contribution in [0.1, 0.15) is 6.42 Å². The van der Waals surface area contributed by atoms with Crippen molar-refractivity contribution >= 4 is 0 Å². The van der Waals surface area contributed by atoms with Gasteiger partial charge in [0.2, 0.25) is 0 Å². The van der Waals surface area contributed by atoms with Gasteiger partial charge in [-0.25, -0.2) is 0 Å². The zero-order valence-electron chi connectivity index (χ0n) is 5.43. The first kappa shape index (κ1) is 6.54. The van der Waals surface area contributed by atoms with Crippen molar-refractivity contribution in [2.45, 2.75) is 31.0 Å². The molecule has 58 valence electrons. The first-order chi connectivity index (χ1) is 4.77. The second-order valence-electron chi connectivity index (χ2n) is 2.73. The summed E-state index contributed by atoms with van der Waals surface area (Å²) in [5.41, 5.74) is 0. The Labute approximate surface area is 58.4 Å². The molecular formula is C6H10O4. The Hall–Kier alpha value is -0.160. The van der Waals surface area contributed by atoms with E-state index in [0.717, 1.165) is 0 Å². The molecule has 10 heavy (non-hydrogen) atoms. The van der Waals surface area contributed by atoms with E-state index in [1.807, 2.05) is 0 Å². The van der Waals surface area contributed by atoms with Gasteiger partial charge in [-0.15, -0.1) is 0 Å². The molecule has 2 bridgehead atoms. The first-order valence-electron chi connectivity index (χ1n) is 3.40. The summed E-state index contributed by atoms with van der Waals surface area (Å²) in [6, 6.07) is 0. The molecule has 4 nitrogen and oxygen atoms in total. The molecule has 2 aliphatic heterocycles. The van der Waals surface area contributed by atoms with Crippen LogP contribution in [-0.4, -0.2) is 41.4 Å². The monoisotopic (exact) mass is 146 g/mol. The average molecular weight is 146 g/mol. The molecule has 0 spiro atoms. The molecule has 2 aliphatic rings. The van der Waals surface area contributed by atoms with Gasteiger partial charge < -0.3 is 19.7 Å². The molecule has 2 N–H and O–H groups in total. The van der Waals surface area contributed by atoms with E-state index < -0.39 is 12.2 Å². The maximum absolute atomic E-state index is 9.21. The minimum atomic E-state index is -0.765. The quantitative estimate of drug-likeness (QED) is 0.453. The van der Waals surface area contributed by atoms with E-state index in [0.29, 0.717) is 13.0 Å². The molecule has 0 aromatic heterocycles. The smallest absolute Gasteiger partial charge is 0.160 e. The molecular weight excluding hydrogens is 136 g/mol. The Bertz CT molecular complexity index is 138. The lowest BCUT2D eigenvalue weighted by Gasteiger charge is -2.27. The summed E-state index contributed by atoms with van der Waals surface area (Å²) in [6.45, 7) is 0.406. The van der Waals surface area contributed by atoms with Crippen molar-refractivity contribution in [3.05, 3.63) is 0 Å². The van der Waals surface area contributed by atoms with Crippen molar-refractivity contribution < 1.29 is 19.7 Å². The SMILES string of the molecule is O[C@@H]1[C@H](O)C[C@@H]2OC[C@H]1O2. The zero-order chi connectivity index (χ0) is 7.14. The van der Waals surface area contributed by atoms with E-state index in [2.05, 4.69) is 0 Å². The van der Waals surface area contributed by atoms with Crippen LogP contribution in [0.3, 0.4) is 0 Å². The summed E-state index contributed by atoms with van der Waals surface area (Å²) < 4.78 is 10.2. The van der Waals surface area contributed by atoms with Gasteiger partial charge in [0.15, 0.2) is 6.29 Å². The fourth-order valence-corrected chi connectivity index (χ4v) is 1.36. The summed E-state index contributed by atoms with van der Waals surface area (Å²) >= 11 is 0. The topological polar surface area (TPSA) is 58.9 Å². The lowest BCUT2D eigenvalue weighted by atomic mass is 10.0. The highest BCUT2D eigenvalue weighted by Crippen LogP contribution is 2.26. The largest absolute Gasteiger partial charge is 0.390 e. The van der Waals surface area contributed by atoms with Crippen LogP contribution in [0.25, 0.3) is 0 Å². The van der Waals surface area contributed by atoms with E-state index in [4.69, 9.17) is 14.6 Å². The third-order valence-corrected chi connectivity index (χ3v) is 1.98. The maximum Gasteiger partial charge on any atom is 0.160 e. The highest BCUT2D eigenvalue weighted by Gasteiger charge is 2.42. The fraction of sp³-hybridized carbons (Fsp3) is 1.00. The standard InChI is InChI=1S/C6H10O4/c7-3-1-5-9-2-4(10-5)6(3)8/h3-8H,1-2H2/t3-,4-,5-,6-/m1/s1. The molecule has 0 aliphatic carbocycles. The van der Waals surface area contributed by atoms with Crippen molar-refractivity contribution in [2.24, 2.45) is 0 Å². The third-order valence-electron chi connectivity index (χ3n) is 1.98. The summed E-state index contributed by atoms with van der Waals surface area (Å²) in [5.74, 6) is 0. The number of aliphatic hydroxyl groups excluding tert-OH is 2. The van der Waals surface area contributed by atoms with Gasteiger partial charge >= 0.3 is 0 Å². The molecule has 0 aromatic rings. The molecule has 2 rings (SSSR count). The average Bonchev–Trinajstić information content (AvgIpc) is 2.29. The van der Waals surface area contributed by atoms with Crippen molar-refractivity contribution in [2.75, 3.05) is 6.61 Å². The summed E-state index contributed by atoms with van der Waals surface area (Å²) in [4.78, 5) is 0. The van der Waals surface area contributed by atoms with Crippen LogP contribution in [0.5, 0.6) is 0 Å². The van der Waals surface area contributed by atoms with Crippen molar-refractivity contribution in [3.8, 4) is 0 Å². The Balaban J connectivity index is 2.09. The van der Waals surface area contributed by atoms with Gasteiger partial charge in [0.05, 0.1) is 12.7 Å². The van der Waals surface area contributed by atoms with E-state index in [1.165, 1.54) is 0 Å². The van der Waals surface area contributed by atoms with Crippen LogP contribution in [0.2, 0.25) is 0 Å². The number of hydrogen-bond donors (Lipinski definition) is 2. The zero-order valence-corrected chi connectivity index (χ0v) is 5.43. The van der Waals surface area contributed by atoms with E-state index >= 15 is 0 Å². The molecule has 0 radical (unpaired) electrons. The predicted octanol–water partition coefficient (Wildman–Crippen LogP) is -1.15. The second kappa shape index (κ2) is 2.17. The van der Waals surface area contributed by atoms with Crippen LogP contribution in [0, 0.1) is 0 Å². The molecule has 0 unspecified atom stereocenters. The number of rotatable bonds is 0. The van der Waals surface area contributed by atoms with Crippen molar-refractivity contribution in [1.82, 2.24) is 0 Å². The van der Waals surface area contributed by atoms with Gasteiger partial charge in [-0.05, 0) is 0 Å². The molecule has 2 saturated heterocycles. The van der Waals surface area contributed by atoms with Gasteiger partial charge in [-0.2, -0.15) is 0 Å². The Morgan fingerprint density at radius 1 is 1.30 bits per heavy atom. The summed E-state index contributed by atoms with van der Waals surface area (Å²) in [5, 5.41) is 18.4. The van der Waals surface area contributed by atoms with Gasteiger partial charge in [-0.3, -0.25) is 0 Å². The predicted molar refractivity (Wildman–Crippen MR) is 31.2 cm³/mol. The first-order valence-corrected chi connectivity index (χ1v) is 3.40. The van der Waals surface area contributed by atoms with Gasteiger partial charge in [0.25, 0.3) is 0 Å². The van der Waals surface area contributed by atoms with Gasteiger partial charge in [0.1, 0.15) is 12.2 Å². The minimum Gasteiger partial charge on any atom is -0.390 e. The highest BCUT2D eigenvalue weighted by molar-refractivity contribution is 4.86. The molecule has 4 heteroatoms. The molecule has 0 amide bonds. The molecule has 0 aromatic carbocycles. The molecule has 2 heterocycles. The van der Waals surface area contributed by atoms with Crippen molar-refractivity contribution in [3.63, 3.8) is 0 Å². The highest BCUT2D eigenvalue weighted by atomic mass is 16.7. The normalized spacial score (nSPS) is 53.4. The number of hydrogen-bond acceptors (Lipinski definition) is 4. The number of ether oxygens (including phenoxy) is 2. The summed E-state index contributed by atoms with van der Waals surface area (Å²) in [6.07, 6.45) is -1.65. The Kier molecular flexibility index (Phi) is 1.42. The van der Waals surface area contributed by atoms with Crippen LogP contribution >= 0.6 is 0 Å². The maximum atomic E-state index is 9.21. The Morgan fingerprint density at radius 3 is 2.90 bits per heavy atom. The molecule has 0 saturated carbocycles. The van der Waals surface area contributed by atoms with E-state index in [1.54, 1.807) is 0 Å². The molecule has 4 atom stereocenters. The molecule has 2 fully saturated rings. The van der Waals surface area contributed by atoms with Crippen LogP contribution in [0.15, 0.2) is 0 Å². The van der Waals surface area contributed by atoms with Crippen LogP contribution < -0.4 is 0 Å². The van der Waals surface area contributed by atoms with Crippen molar-refractivity contribution in [1.29, 1.82) is 0 Å². The van der Waals surface area contributed by atoms with Crippen LogP contribution in [-0.2, 0) is 9.47 Å². The third kappa shape index (κ3) is 0.845. The fourth-order valence-electron chi connectivity index (χ4n) is 1.36. The van der Waals surface area contributed by atoms with E-state index in [9.17, 15) is 5.11 Å². The lowest BCUT2D eigenvalue weighted by molar-refractivity contribution is -0.165. The lowest BCUT2D eigenvalue weighted by Crippen LogP contribution is -2.44. The number of aliphatic hydroxyl groups is 2. The summed E-state index contributed by atoms with van der Waals surface area (Å²) in [7, 11) is 0. The minimum absolute atomic E-state index is 0.289. The second-order valence-corrected chi connectivity index (χ2v) is 2.73. The van der Waals surface area contributed by atoms with Gasteiger partial charge in [0, 0.05) is 6.42 Å². The van der Waals surface area contributed by atoms with Gasteiger partial charge in [-0.1, -0.05) is 0 Å². The van der Waals surface area contributed by atoms with Crippen LogP contribution in [0.4, 0.5) is 0 Å². The Morgan fingerprint density at radius 2 is 2.10 bits per heavy atom. The van der Waals surface area contributed by atoms with E-state index in [-0.39, 0.29) is 12.4 Å².